The topological polar surface area (TPSA) is 103 Å². The lowest BCUT2D eigenvalue weighted by atomic mass is 10.2. The zero-order chi connectivity index (χ0) is 20.3. The van der Waals surface area contributed by atoms with Crippen LogP contribution in [-0.2, 0) is 21.4 Å². The molecule has 28 heavy (non-hydrogen) atoms. The summed E-state index contributed by atoms with van der Waals surface area (Å²) in [5.74, 6) is 1.04. The minimum absolute atomic E-state index is 0.00887. The number of ether oxygens (including phenoxy) is 3. The van der Waals surface area contributed by atoms with Gasteiger partial charge in [0.25, 0.3) is 0 Å². The highest BCUT2D eigenvalue weighted by Crippen LogP contribution is 2.32. The number of methoxy groups -OCH3 is 1. The molecule has 3 rings (SSSR count). The highest BCUT2D eigenvalue weighted by atomic mass is 32.2. The van der Waals surface area contributed by atoms with E-state index in [1.165, 1.54) is 20.1 Å². The summed E-state index contributed by atoms with van der Waals surface area (Å²) in [5, 5.41) is 2.71. The number of nitrogens with one attached hydrogen (secondary N) is 2. The molecule has 0 aromatic heterocycles. The van der Waals surface area contributed by atoms with Crippen molar-refractivity contribution in [1.82, 2.24) is 10.0 Å². The number of hydrogen-bond acceptors (Lipinski definition) is 6. The van der Waals surface area contributed by atoms with Gasteiger partial charge in [-0.1, -0.05) is 12.1 Å². The number of amides is 1. The van der Waals surface area contributed by atoms with Gasteiger partial charge in [0.1, 0.15) is 10.6 Å². The molecule has 1 aliphatic heterocycles. The SMILES string of the molecule is COc1ccc(C)cc1S(=O)(=O)NC(C)C(=O)NCc1ccc2c(c1)OCO2. The van der Waals surface area contributed by atoms with Gasteiger partial charge in [0.2, 0.25) is 22.7 Å². The fourth-order valence-corrected chi connectivity index (χ4v) is 4.19. The molecular weight excluding hydrogens is 384 g/mol. The number of benzene rings is 2. The van der Waals surface area contributed by atoms with E-state index >= 15 is 0 Å². The molecule has 9 heteroatoms. The van der Waals surface area contributed by atoms with Crippen molar-refractivity contribution in [2.24, 2.45) is 0 Å². The molecule has 0 saturated carbocycles. The molecule has 0 radical (unpaired) electrons. The molecule has 1 heterocycles. The van der Waals surface area contributed by atoms with Gasteiger partial charge in [-0.25, -0.2) is 8.42 Å². The van der Waals surface area contributed by atoms with Crippen LogP contribution in [0.4, 0.5) is 0 Å². The predicted molar refractivity (Wildman–Crippen MR) is 102 cm³/mol. The third kappa shape index (κ3) is 4.37. The van der Waals surface area contributed by atoms with Gasteiger partial charge in [0, 0.05) is 6.54 Å². The van der Waals surface area contributed by atoms with Crippen molar-refractivity contribution < 1.29 is 27.4 Å². The fraction of sp³-hybridized carbons (Fsp3) is 0.316. The quantitative estimate of drug-likeness (QED) is 0.726. The van der Waals surface area contributed by atoms with Crippen LogP contribution in [0.3, 0.4) is 0 Å². The molecule has 1 aliphatic rings. The van der Waals surface area contributed by atoms with E-state index in [2.05, 4.69) is 10.0 Å². The van der Waals surface area contributed by atoms with Crippen LogP contribution in [0.1, 0.15) is 18.1 Å². The van der Waals surface area contributed by atoms with Gasteiger partial charge in [0.05, 0.1) is 13.2 Å². The first kappa shape index (κ1) is 20.0. The molecule has 2 aromatic rings. The van der Waals surface area contributed by atoms with E-state index in [1.54, 1.807) is 37.3 Å². The first-order valence-corrected chi connectivity index (χ1v) is 10.1. The van der Waals surface area contributed by atoms with E-state index in [0.29, 0.717) is 11.5 Å². The molecule has 0 saturated heterocycles. The van der Waals surface area contributed by atoms with Crippen molar-refractivity contribution in [3.63, 3.8) is 0 Å². The second-order valence-corrected chi connectivity index (χ2v) is 8.09. The molecule has 2 aromatic carbocycles. The summed E-state index contributed by atoms with van der Waals surface area (Å²) in [6.45, 7) is 3.66. The largest absolute Gasteiger partial charge is 0.495 e. The van der Waals surface area contributed by atoms with Crippen molar-refractivity contribution >= 4 is 15.9 Å². The van der Waals surface area contributed by atoms with E-state index < -0.39 is 22.0 Å². The number of fused-ring (bicyclic) bond motifs is 1. The molecule has 0 aliphatic carbocycles. The minimum atomic E-state index is -3.93. The first-order chi connectivity index (χ1) is 13.3. The Morgan fingerprint density at radius 2 is 1.93 bits per heavy atom. The molecule has 150 valence electrons. The van der Waals surface area contributed by atoms with Crippen LogP contribution in [-0.4, -0.2) is 34.3 Å². The Bertz CT molecular complexity index is 990. The Kier molecular flexibility index (Phi) is 5.76. The first-order valence-electron chi connectivity index (χ1n) is 8.63. The van der Waals surface area contributed by atoms with Crippen LogP contribution in [0, 0.1) is 6.92 Å². The maximum atomic E-state index is 12.7. The Hall–Kier alpha value is -2.78. The summed E-state index contributed by atoms with van der Waals surface area (Å²) < 4.78 is 43.4. The second kappa shape index (κ2) is 8.07. The van der Waals surface area contributed by atoms with Crippen molar-refractivity contribution in [1.29, 1.82) is 0 Å². The van der Waals surface area contributed by atoms with Crippen molar-refractivity contribution in [3.05, 3.63) is 47.5 Å². The molecule has 0 fully saturated rings. The van der Waals surface area contributed by atoms with Crippen molar-refractivity contribution in [2.45, 2.75) is 31.3 Å². The van der Waals surface area contributed by atoms with E-state index in [9.17, 15) is 13.2 Å². The highest BCUT2D eigenvalue weighted by Gasteiger charge is 2.25. The molecule has 8 nitrogen and oxygen atoms in total. The molecule has 1 amide bonds. The van der Waals surface area contributed by atoms with Crippen LogP contribution in [0.25, 0.3) is 0 Å². The van der Waals surface area contributed by atoms with Crippen molar-refractivity contribution in [3.8, 4) is 17.2 Å². The standard InChI is InChI=1S/C19H22N2O6S/c1-12-4-6-16(25-3)18(8-12)28(23,24)21-13(2)19(22)20-10-14-5-7-15-17(9-14)27-11-26-15/h4-9,13,21H,10-11H2,1-3H3,(H,20,22). The third-order valence-corrected chi connectivity index (χ3v) is 5.80. The van der Waals surface area contributed by atoms with E-state index in [4.69, 9.17) is 14.2 Å². The summed E-state index contributed by atoms with van der Waals surface area (Å²) in [7, 11) is -2.54. The lowest BCUT2D eigenvalue weighted by molar-refractivity contribution is -0.122. The Morgan fingerprint density at radius 3 is 2.68 bits per heavy atom. The van der Waals surface area contributed by atoms with Gasteiger partial charge in [-0.3, -0.25) is 4.79 Å². The summed E-state index contributed by atoms with van der Waals surface area (Å²) >= 11 is 0. The number of aryl methyl sites for hydroxylation is 1. The lowest BCUT2D eigenvalue weighted by Crippen LogP contribution is -2.44. The van der Waals surface area contributed by atoms with Crippen LogP contribution in [0.2, 0.25) is 0 Å². The van der Waals surface area contributed by atoms with E-state index in [-0.39, 0.29) is 24.0 Å². The molecule has 1 atom stereocenters. The predicted octanol–water partition coefficient (Wildman–Crippen LogP) is 1.72. The summed E-state index contributed by atoms with van der Waals surface area (Å²) in [5.41, 5.74) is 1.58. The third-order valence-electron chi connectivity index (χ3n) is 4.24. The second-order valence-electron chi connectivity index (χ2n) is 6.40. The van der Waals surface area contributed by atoms with Crippen LogP contribution in [0.15, 0.2) is 41.3 Å². The molecule has 1 unspecified atom stereocenters. The smallest absolute Gasteiger partial charge is 0.244 e. The average Bonchev–Trinajstić information content (AvgIpc) is 3.13. The normalized spacial score (nSPS) is 13.8. The van der Waals surface area contributed by atoms with Gasteiger partial charge in [-0.15, -0.1) is 0 Å². The minimum Gasteiger partial charge on any atom is -0.495 e. The number of hydrogen-bond donors (Lipinski definition) is 2. The maximum Gasteiger partial charge on any atom is 0.244 e. The molecule has 0 spiro atoms. The van der Waals surface area contributed by atoms with Crippen LogP contribution in [0.5, 0.6) is 17.2 Å². The summed E-state index contributed by atoms with van der Waals surface area (Å²) in [6, 6.07) is 9.20. The lowest BCUT2D eigenvalue weighted by Gasteiger charge is -2.16. The van der Waals surface area contributed by atoms with E-state index in [1.807, 2.05) is 0 Å². The number of carbonyl (C=O) groups is 1. The maximum absolute atomic E-state index is 12.7. The van der Waals surface area contributed by atoms with Gasteiger partial charge < -0.3 is 19.5 Å². The molecule has 2 N–H and O–H groups in total. The molecule has 0 bridgehead atoms. The Balaban J connectivity index is 1.64. The zero-order valence-corrected chi connectivity index (χ0v) is 16.6. The fourth-order valence-electron chi connectivity index (χ4n) is 2.74. The van der Waals surface area contributed by atoms with Gasteiger partial charge in [0.15, 0.2) is 11.5 Å². The van der Waals surface area contributed by atoms with Gasteiger partial charge >= 0.3 is 0 Å². The van der Waals surface area contributed by atoms with Crippen LogP contribution >= 0.6 is 0 Å². The number of sulfonamides is 1. The highest BCUT2D eigenvalue weighted by molar-refractivity contribution is 7.89. The van der Waals surface area contributed by atoms with E-state index in [0.717, 1.165) is 11.1 Å². The zero-order valence-electron chi connectivity index (χ0n) is 15.8. The number of rotatable bonds is 7. The monoisotopic (exact) mass is 406 g/mol. The van der Waals surface area contributed by atoms with Crippen molar-refractivity contribution in [2.75, 3.05) is 13.9 Å². The Morgan fingerprint density at radius 1 is 1.18 bits per heavy atom. The van der Waals surface area contributed by atoms with Gasteiger partial charge in [-0.05, 0) is 49.2 Å². The number of carbonyl (C=O) groups excluding carboxylic acids is 1. The van der Waals surface area contributed by atoms with Gasteiger partial charge in [-0.2, -0.15) is 4.72 Å². The summed E-state index contributed by atoms with van der Waals surface area (Å²) in [4.78, 5) is 12.3. The van der Waals surface area contributed by atoms with Crippen LogP contribution < -0.4 is 24.2 Å². The summed E-state index contributed by atoms with van der Waals surface area (Å²) in [6.07, 6.45) is 0. The molecular formula is C19H22N2O6S. The Labute approximate surface area is 163 Å². The average molecular weight is 406 g/mol.